The Kier molecular flexibility index (Phi) is 5.54. The van der Waals surface area contributed by atoms with Gasteiger partial charge in [0.1, 0.15) is 0 Å². The maximum Gasteiger partial charge on any atom is 0.0431 e. The molecular weight excluding hydrogens is 242 g/mol. The van der Waals surface area contributed by atoms with Crippen LogP contribution in [0, 0.1) is 0 Å². The van der Waals surface area contributed by atoms with Gasteiger partial charge < -0.3 is 5.11 Å². The van der Waals surface area contributed by atoms with Crippen molar-refractivity contribution in [1.29, 1.82) is 0 Å². The molecule has 1 aliphatic rings. The summed E-state index contributed by atoms with van der Waals surface area (Å²) in [5, 5.41) is 8.96. The third-order valence-corrected chi connectivity index (χ3v) is 4.60. The van der Waals surface area contributed by atoms with Gasteiger partial charge in [-0.15, -0.1) is 11.8 Å². The van der Waals surface area contributed by atoms with Crippen molar-refractivity contribution in [2.75, 3.05) is 19.4 Å². The summed E-state index contributed by atoms with van der Waals surface area (Å²) >= 11 is 1.83. The van der Waals surface area contributed by atoms with Gasteiger partial charge in [0.05, 0.1) is 0 Å². The van der Waals surface area contributed by atoms with Crippen LogP contribution in [0.1, 0.15) is 31.2 Å². The van der Waals surface area contributed by atoms with Gasteiger partial charge >= 0.3 is 0 Å². The van der Waals surface area contributed by atoms with Crippen LogP contribution in [0.2, 0.25) is 0 Å². The molecule has 3 heteroatoms. The Bertz CT molecular complexity index is 369. The Morgan fingerprint density at radius 2 is 2.22 bits per heavy atom. The number of hydrogen-bond acceptors (Lipinski definition) is 3. The first-order valence-electron chi connectivity index (χ1n) is 6.82. The molecule has 0 radical (unpaired) electrons. The standard InChI is InChI=1S/C15H23NOS/c1-18-15-9-3-2-6-13(15)12-16-10-4-7-14(16)8-5-11-17/h2-3,6,9,14,17H,4-5,7-8,10-12H2,1H3. The minimum Gasteiger partial charge on any atom is -0.396 e. The summed E-state index contributed by atoms with van der Waals surface area (Å²) in [6.07, 6.45) is 6.81. The lowest BCUT2D eigenvalue weighted by atomic mass is 10.1. The van der Waals surface area contributed by atoms with Gasteiger partial charge in [0.25, 0.3) is 0 Å². The van der Waals surface area contributed by atoms with Crippen LogP contribution in [-0.4, -0.2) is 35.5 Å². The highest BCUT2D eigenvalue weighted by Crippen LogP contribution is 2.27. The largest absolute Gasteiger partial charge is 0.396 e. The van der Waals surface area contributed by atoms with Crippen LogP contribution in [-0.2, 0) is 6.54 Å². The predicted octanol–water partition coefficient (Wildman–Crippen LogP) is 3.15. The minimum atomic E-state index is 0.325. The van der Waals surface area contributed by atoms with Crippen molar-refractivity contribution in [3.8, 4) is 0 Å². The second-order valence-electron chi connectivity index (χ2n) is 4.94. The molecule has 2 rings (SSSR count). The number of rotatable bonds is 6. The Labute approximate surface area is 114 Å². The molecule has 0 spiro atoms. The summed E-state index contributed by atoms with van der Waals surface area (Å²) in [6.45, 7) is 2.59. The van der Waals surface area contributed by atoms with Crippen LogP contribution >= 0.6 is 11.8 Å². The van der Waals surface area contributed by atoms with Crippen LogP contribution in [0.5, 0.6) is 0 Å². The van der Waals surface area contributed by atoms with E-state index >= 15 is 0 Å². The summed E-state index contributed by atoms with van der Waals surface area (Å²) < 4.78 is 0. The minimum absolute atomic E-state index is 0.325. The number of aliphatic hydroxyl groups excluding tert-OH is 1. The van der Waals surface area contributed by atoms with Gasteiger partial charge in [0, 0.05) is 24.1 Å². The molecule has 1 fully saturated rings. The van der Waals surface area contributed by atoms with Crippen molar-refractivity contribution in [1.82, 2.24) is 4.90 Å². The van der Waals surface area contributed by atoms with E-state index in [9.17, 15) is 0 Å². The van der Waals surface area contributed by atoms with Crippen LogP contribution in [0.4, 0.5) is 0 Å². The summed E-state index contributed by atoms with van der Waals surface area (Å²) in [5.74, 6) is 0. The molecule has 18 heavy (non-hydrogen) atoms. The number of nitrogens with zero attached hydrogens (tertiary/aromatic N) is 1. The van der Waals surface area contributed by atoms with Crippen molar-refractivity contribution in [3.63, 3.8) is 0 Å². The van der Waals surface area contributed by atoms with Crippen molar-refractivity contribution >= 4 is 11.8 Å². The second kappa shape index (κ2) is 7.17. The molecule has 0 saturated carbocycles. The molecule has 1 aliphatic heterocycles. The number of likely N-dealkylation sites (tertiary alicyclic amines) is 1. The Morgan fingerprint density at radius 1 is 1.39 bits per heavy atom. The third kappa shape index (κ3) is 3.50. The molecule has 1 atom stereocenters. The van der Waals surface area contributed by atoms with E-state index in [2.05, 4.69) is 35.4 Å². The first-order chi connectivity index (χ1) is 8.85. The lowest BCUT2D eigenvalue weighted by molar-refractivity contribution is 0.209. The molecule has 1 aromatic carbocycles. The second-order valence-corrected chi connectivity index (χ2v) is 5.79. The van der Waals surface area contributed by atoms with E-state index in [1.807, 2.05) is 11.8 Å². The maximum atomic E-state index is 8.96. The monoisotopic (exact) mass is 265 g/mol. The SMILES string of the molecule is CSc1ccccc1CN1CCCC1CCCO. The normalized spacial score (nSPS) is 20.4. The fourth-order valence-corrected chi connectivity index (χ4v) is 3.42. The first-order valence-corrected chi connectivity index (χ1v) is 8.04. The molecule has 0 aromatic heterocycles. The van der Waals surface area contributed by atoms with E-state index in [1.165, 1.54) is 29.8 Å². The molecule has 2 nitrogen and oxygen atoms in total. The first kappa shape index (κ1) is 13.9. The lowest BCUT2D eigenvalue weighted by Gasteiger charge is -2.25. The summed E-state index contributed by atoms with van der Waals surface area (Å²) in [6, 6.07) is 9.37. The van der Waals surface area contributed by atoms with Crippen molar-refractivity contribution in [2.24, 2.45) is 0 Å². The van der Waals surface area contributed by atoms with Crippen LogP contribution in [0.25, 0.3) is 0 Å². The van der Waals surface area contributed by atoms with E-state index in [1.54, 1.807) is 0 Å². The zero-order valence-electron chi connectivity index (χ0n) is 11.1. The van der Waals surface area contributed by atoms with E-state index in [4.69, 9.17) is 5.11 Å². The number of thioether (sulfide) groups is 1. The molecular formula is C15H23NOS. The van der Waals surface area contributed by atoms with Crippen molar-refractivity contribution < 1.29 is 5.11 Å². The highest BCUT2D eigenvalue weighted by Gasteiger charge is 2.24. The van der Waals surface area contributed by atoms with Gasteiger partial charge in [-0.1, -0.05) is 18.2 Å². The molecule has 0 aliphatic carbocycles. The zero-order chi connectivity index (χ0) is 12.8. The summed E-state index contributed by atoms with van der Waals surface area (Å²) in [7, 11) is 0. The fourth-order valence-electron chi connectivity index (χ4n) is 2.81. The Morgan fingerprint density at radius 3 is 3.00 bits per heavy atom. The molecule has 1 aromatic rings. The average Bonchev–Trinajstić information content (AvgIpc) is 2.84. The molecule has 0 bridgehead atoms. The number of aliphatic hydroxyl groups is 1. The number of hydrogen-bond donors (Lipinski definition) is 1. The van der Waals surface area contributed by atoms with Gasteiger partial charge in [-0.05, 0) is 50.1 Å². The van der Waals surface area contributed by atoms with Crippen molar-refractivity contribution in [2.45, 2.75) is 43.2 Å². The highest BCUT2D eigenvalue weighted by molar-refractivity contribution is 7.98. The topological polar surface area (TPSA) is 23.5 Å². The molecule has 1 unspecified atom stereocenters. The average molecular weight is 265 g/mol. The smallest absolute Gasteiger partial charge is 0.0431 e. The van der Waals surface area contributed by atoms with E-state index in [0.717, 1.165) is 19.4 Å². The molecule has 1 N–H and O–H groups in total. The van der Waals surface area contributed by atoms with Crippen LogP contribution in [0.3, 0.4) is 0 Å². The van der Waals surface area contributed by atoms with Crippen LogP contribution < -0.4 is 0 Å². The fraction of sp³-hybridized carbons (Fsp3) is 0.600. The van der Waals surface area contributed by atoms with Crippen LogP contribution in [0.15, 0.2) is 29.2 Å². The van der Waals surface area contributed by atoms with E-state index in [-0.39, 0.29) is 0 Å². The lowest BCUT2D eigenvalue weighted by Crippen LogP contribution is -2.29. The number of benzene rings is 1. The quantitative estimate of drug-likeness (QED) is 0.799. The van der Waals surface area contributed by atoms with E-state index in [0.29, 0.717) is 12.6 Å². The highest BCUT2D eigenvalue weighted by atomic mass is 32.2. The van der Waals surface area contributed by atoms with Gasteiger partial charge in [0.2, 0.25) is 0 Å². The Balaban J connectivity index is 1.99. The predicted molar refractivity (Wildman–Crippen MR) is 78.0 cm³/mol. The Hall–Kier alpha value is -0.510. The summed E-state index contributed by atoms with van der Waals surface area (Å²) in [4.78, 5) is 3.98. The zero-order valence-corrected chi connectivity index (χ0v) is 12.0. The summed E-state index contributed by atoms with van der Waals surface area (Å²) in [5.41, 5.74) is 1.45. The maximum absolute atomic E-state index is 8.96. The van der Waals surface area contributed by atoms with E-state index < -0.39 is 0 Å². The third-order valence-electron chi connectivity index (χ3n) is 3.76. The van der Waals surface area contributed by atoms with Gasteiger partial charge in [-0.2, -0.15) is 0 Å². The van der Waals surface area contributed by atoms with Crippen molar-refractivity contribution in [3.05, 3.63) is 29.8 Å². The molecule has 1 heterocycles. The molecule has 100 valence electrons. The molecule has 1 saturated heterocycles. The van der Waals surface area contributed by atoms with Gasteiger partial charge in [-0.3, -0.25) is 4.90 Å². The molecule has 0 amide bonds. The van der Waals surface area contributed by atoms with Gasteiger partial charge in [0.15, 0.2) is 0 Å². The van der Waals surface area contributed by atoms with Gasteiger partial charge in [-0.25, -0.2) is 0 Å².